The van der Waals surface area contributed by atoms with Gasteiger partial charge in [0, 0.05) is 5.69 Å². The summed E-state index contributed by atoms with van der Waals surface area (Å²) in [5.41, 5.74) is 1.51. The first kappa shape index (κ1) is 11.2. The first-order chi connectivity index (χ1) is 7.65. The molecule has 0 bridgehead atoms. The summed E-state index contributed by atoms with van der Waals surface area (Å²) in [7, 11) is 0. The van der Waals surface area contributed by atoms with Crippen molar-refractivity contribution in [1.82, 2.24) is 0 Å². The number of anilines is 1. The zero-order chi connectivity index (χ0) is 11.5. The standard InChI is InChI=1S/C12H11BrFNO/c1-8-6-9(2-4-11(8)14)15-7-10-3-5-12(13)16-10/h2-6,15H,7H2,1H3. The van der Waals surface area contributed by atoms with Gasteiger partial charge in [-0.05, 0) is 58.7 Å². The number of nitrogens with one attached hydrogen (secondary N) is 1. The first-order valence-electron chi connectivity index (χ1n) is 4.89. The molecule has 0 saturated carbocycles. The lowest BCUT2D eigenvalue weighted by molar-refractivity contribution is 0.495. The van der Waals surface area contributed by atoms with Gasteiger partial charge in [0.25, 0.3) is 0 Å². The highest BCUT2D eigenvalue weighted by atomic mass is 79.9. The number of halogens is 2. The third kappa shape index (κ3) is 2.64. The quantitative estimate of drug-likeness (QED) is 0.917. The molecule has 84 valence electrons. The van der Waals surface area contributed by atoms with E-state index >= 15 is 0 Å². The highest BCUT2D eigenvalue weighted by Crippen LogP contribution is 2.17. The molecule has 0 fully saturated rings. The Kier molecular flexibility index (Phi) is 3.29. The fraction of sp³-hybridized carbons (Fsp3) is 0.167. The van der Waals surface area contributed by atoms with Gasteiger partial charge in [0.15, 0.2) is 4.67 Å². The van der Waals surface area contributed by atoms with Gasteiger partial charge in [-0.2, -0.15) is 0 Å². The van der Waals surface area contributed by atoms with Crippen LogP contribution in [0.2, 0.25) is 0 Å². The van der Waals surface area contributed by atoms with E-state index in [2.05, 4.69) is 21.2 Å². The summed E-state index contributed by atoms with van der Waals surface area (Å²) in [6.07, 6.45) is 0. The van der Waals surface area contributed by atoms with Crippen LogP contribution in [0.4, 0.5) is 10.1 Å². The van der Waals surface area contributed by atoms with Crippen molar-refractivity contribution in [2.24, 2.45) is 0 Å². The Hall–Kier alpha value is -1.29. The van der Waals surface area contributed by atoms with E-state index in [-0.39, 0.29) is 5.82 Å². The van der Waals surface area contributed by atoms with Gasteiger partial charge in [-0.3, -0.25) is 0 Å². The van der Waals surface area contributed by atoms with Crippen molar-refractivity contribution in [3.8, 4) is 0 Å². The summed E-state index contributed by atoms with van der Waals surface area (Å²) in [5, 5.41) is 3.16. The van der Waals surface area contributed by atoms with Crippen LogP contribution in [-0.4, -0.2) is 0 Å². The molecule has 0 unspecified atom stereocenters. The minimum absolute atomic E-state index is 0.189. The fourth-order valence-electron chi connectivity index (χ4n) is 1.39. The Morgan fingerprint density at radius 3 is 2.75 bits per heavy atom. The first-order valence-corrected chi connectivity index (χ1v) is 5.69. The molecule has 1 heterocycles. The molecule has 1 aromatic carbocycles. The van der Waals surface area contributed by atoms with Gasteiger partial charge in [0.05, 0.1) is 6.54 Å². The molecule has 1 aromatic heterocycles. The van der Waals surface area contributed by atoms with Crippen LogP contribution >= 0.6 is 15.9 Å². The molecule has 0 atom stereocenters. The van der Waals surface area contributed by atoms with Crippen LogP contribution in [-0.2, 0) is 6.54 Å². The largest absolute Gasteiger partial charge is 0.452 e. The number of aryl methyl sites for hydroxylation is 1. The summed E-state index contributed by atoms with van der Waals surface area (Å²) in [6, 6.07) is 8.66. The van der Waals surface area contributed by atoms with E-state index in [0.29, 0.717) is 16.8 Å². The van der Waals surface area contributed by atoms with Crippen molar-refractivity contribution in [1.29, 1.82) is 0 Å². The van der Waals surface area contributed by atoms with E-state index < -0.39 is 0 Å². The van der Waals surface area contributed by atoms with Crippen molar-refractivity contribution < 1.29 is 8.81 Å². The fourth-order valence-corrected chi connectivity index (χ4v) is 1.73. The van der Waals surface area contributed by atoms with Crippen LogP contribution < -0.4 is 5.32 Å². The van der Waals surface area contributed by atoms with Crippen molar-refractivity contribution in [3.05, 3.63) is 52.1 Å². The summed E-state index contributed by atoms with van der Waals surface area (Å²) in [5.74, 6) is 0.639. The van der Waals surface area contributed by atoms with Crippen LogP contribution in [0.15, 0.2) is 39.4 Å². The van der Waals surface area contributed by atoms with E-state index in [0.717, 1.165) is 11.4 Å². The average Bonchev–Trinajstić information content (AvgIpc) is 2.66. The maximum atomic E-state index is 13.0. The van der Waals surface area contributed by atoms with Crippen LogP contribution in [0.25, 0.3) is 0 Å². The van der Waals surface area contributed by atoms with Gasteiger partial charge in [0.1, 0.15) is 11.6 Å². The monoisotopic (exact) mass is 283 g/mol. The van der Waals surface area contributed by atoms with Gasteiger partial charge in [-0.1, -0.05) is 0 Å². The molecule has 0 aliphatic heterocycles. The lowest BCUT2D eigenvalue weighted by atomic mass is 10.2. The Bertz CT molecular complexity index is 496. The normalized spacial score (nSPS) is 10.4. The molecule has 0 aliphatic carbocycles. The Morgan fingerprint density at radius 1 is 1.31 bits per heavy atom. The summed E-state index contributed by atoms with van der Waals surface area (Å²) < 4.78 is 19.1. The highest BCUT2D eigenvalue weighted by molar-refractivity contribution is 9.10. The zero-order valence-corrected chi connectivity index (χ0v) is 10.3. The molecule has 2 aromatic rings. The third-order valence-electron chi connectivity index (χ3n) is 2.25. The van der Waals surface area contributed by atoms with Crippen molar-refractivity contribution in [2.75, 3.05) is 5.32 Å². The summed E-state index contributed by atoms with van der Waals surface area (Å²) >= 11 is 3.24. The van der Waals surface area contributed by atoms with Crippen LogP contribution in [0.1, 0.15) is 11.3 Å². The average molecular weight is 284 g/mol. The summed E-state index contributed by atoms with van der Waals surface area (Å²) in [6.45, 7) is 2.32. The lowest BCUT2D eigenvalue weighted by Gasteiger charge is -2.05. The van der Waals surface area contributed by atoms with Crippen LogP contribution in [0.5, 0.6) is 0 Å². The highest BCUT2D eigenvalue weighted by Gasteiger charge is 2.01. The van der Waals surface area contributed by atoms with Crippen molar-refractivity contribution in [2.45, 2.75) is 13.5 Å². The second-order valence-electron chi connectivity index (χ2n) is 3.52. The predicted octanol–water partition coefficient (Wildman–Crippen LogP) is 4.10. The Labute approximate surface area is 102 Å². The van der Waals surface area contributed by atoms with E-state index in [1.807, 2.05) is 12.1 Å². The topological polar surface area (TPSA) is 25.2 Å². The Balaban J connectivity index is 2.02. The minimum Gasteiger partial charge on any atom is -0.452 e. The molecule has 2 rings (SSSR count). The molecular formula is C12H11BrFNO. The number of furan rings is 1. The molecule has 16 heavy (non-hydrogen) atoms. The Morgan fingerprint density at radius 2 is 2.12 bits per heavy atom. The molecule has 1 N–H and O–H groups in total. The van der Waals surface area contributed by atoms with Gasteiger partial charge >= 0.3 is 0 Å². The third-order valence-corrected chi connectivity index (χ3v) is 2.68. The SMILES string of the molecule is Cc1cc(NCc2ccc(Br)o2)ccc1F. The molecule has 0 aliphatic rings. The lowest BCUT2D eigenvalue weighted by Crippen LogP contribution is -1.98. The zero-order valence-electron chi connectivity index (χ0n) is 8.76. The van der Waals surface area contributed by atoms with Crippen LogP contribution in [0, 0.1) is 12.7 Å². The van der Waals surface area contributed by atoms with Crippen molar-refractivity contribution >= 4 is 21.6 Å². The molecule has 0 saturated heterocycles. The van der Waals surface area contributed by atoms with Gasteiger partial charge in [-0.25, -0.2) is 4.39 Å². The van der Waals surface area contributed by atoms with Gasteiger partial charge < -0.3 is 9.73 Å². The number of rotatable bonds is 3. The van der Waals surface area contributed by atoms with Gasteiger partial charge in [0.2, 0.25) is 0 Å². The van der Waals surface area contributed by atoms with E-state index in [4.69, 9.17) is 4.42 Å². The maximum absolute atomic E-state index is 13.0. The second-order valence-corrected chi connectivity index (χ2v) is 4.30. The van der Waals surface area contributed by atoms with Gasteiger partial charge in [-0.15, -0.1) is 0 Å². The van der Waals surface area contributed by atoms with E-state index in [1.165, 1.54) is 6.07 Å². The number of benzene rings is 1. The van der Waals surface area contributed by atoms with E-state index in [9.17, 15) is 4.39 Å². The predicted molar refractivity (Wildman–Crippen MR) is 64.9 cm³/mol. The molecule has 0 amide bonds. The molecular weight excluding hydrogens is 273 g/mol. The summed E-state index contributed by atoms with van der Waals surface area (Å²) in [4.78, 5) is 0. The van der Waals surface area contributed by atoms with E-state index in [1.54, 1.807) is 19.1 Å². The molecule has 4 heteroatoms. The maximum Gasteiger partial charge on any atom is 0.169 e. The molecule has 0 radical (unpaired) electrons. The number of hydrogen-bond acceptors (Lipinski definition) is 2. The second kappa shape index (κ2) is 4.70. The van der Waals surface area contributed by atoms with Crippen molar-refractivity contribution in [3.63, 3.8) is 0 Å². The van der Waals surface area contributed by atoms with Crippen LogP contribution in [0.3, 0.4) is 0 Å². The minimum atomic E-state index is -0.189. The smallest absolute Gasteiger partial charge is 0.169 e. The molecule has 2 nitrogen and oxygen atoms in total. The number of hydrogen-bond donors (Lipinski definition) is 1. The molecule has 0 spiro atoms.